The van der Waals surface area contributed by atoms with Gasteiger partial charge in [0.25, 0.3) is 5.69 Å². The Morgan fingerprint density at radius 2 is 1.88 bits per heavy atom. The molecule has 0 fully saturated rings. The summed E-state index contributed by atoms with van der Waals surface area (Å²) in [6.45, 7) is 7.16. The summed E-state index contributed by atoms with van der Waals surface area (Å²) in [5, 5.41) is 11.5. The number of urea groups is 1. The summed E-state index contributed by atoms with van der Waals surface area (Å²) in [5.74, 6) is -1.58. The number of ether oxygens (including phenoxy) is 1. The number of rotatable bonds is 12. The highest BCUT2D eigenvalue weighted by molar-refractivity contribution is 7.89. The molecule has 40 heavy (non-hydrogen) atoms. The molecule has 216 valence electrons. The van der Waals surface area contributed by atoms with Crippen LogP contribution in [0.3, 0.4) is 0 Å². The van der Waals surface area contributed by atoms with Crippen LogP contribution in [0, 0.1) is 16.0 Å². The smallest absolute Gasteiger partial charge is 0.344 e. The summed E-state index contributed by atoms with van der Waals surface area (Å²) in [7, 11) is -2.29. The number of nitrogens with zero attached hydrogens (tertiary/aromatic N) is 4. The van der Waals surface area contributed by atoms with Gasteiger partial charge in [0.05, 0.1) is 22.0 Å². The van der Waals surface area contributed by atoms with Crippen molar-refractivity contribution < 1.29 is 27.7 Å². The van der Waals surface area contributed by atoms with E-state index in [9.17, 15) is 28.1 Å². The number of sulfonamides is 1. The third kappa shape index (κ3) is 7.11. The highest BCUT2D eigenvalue weighted by Crippen LogP contribution is 2.36. The second kappa shape index (κ2) is 13.1. The van der Waals surface area contributed by atoms with Crippen molar-refractivity contribution >= 4 is 33.4 Å². The highest BCUT2D eigenvalue weighted by atomic mass is 32.2. The third-order valence-electron chi connectivity index (χ3n) is 6.69. The van der Waals surface area contributed by atoms with E-state index in [4.69, 9.17) is 4.74 Å². The molecule has 0 saturated carbocycles. The van der Waals surface area contributed by atoms with Crippen LogP contribution < -0.4 is 0 Å². The van der Waals surface area contributed by atoms with Crippen molar-refractivity contribution in [3.63, 3.8) is 0 Å². The Labute approximate surface area is 235 Å². The van der Waals surface area contributed by atoms with Crippen LogP contribution in [-0.4, -0.2) is 66.5 Å². The molecule has 2 aromatic carbocycles. The van der Waals surface area contributed by atoms with Gasteiger partial charge in [-0.15, -0.1) is 0 Å². The Balaban J connectivity index is 1.86. The first-order chi connectivity index (χ1) is 18.9. The number of hydrogen-bond acceptors (Lipinski definition) is 7. The lowest BCUT2D eigenvalue weighted by molar-refractivity contribution is -0.385. The number of carbonyl (C=O) groups is 2. The molecule has 0 N–H and O–H groups in total. The van der Waals surface area contributed by atoms with Crippen LogP contribution in [0.1, 0.15) is 57.7 Å². The van der Waals surface area contributed by atoms with Crippen molar-refractivity contribution in [2.45, 2.75) is 64.0 Å². The van der Waals surface area contributed by atoms with Gasteiger partial charge in [-0.2, -0.15) is 0 Å². The van der Waals surface area contributed by atoms with E-state index in [1.54, 1.807) is 51.1 Å². The molecule has 0 aromatic heterocycles. The highest BCUT2D eigenvalue weighted by Gasteiger charge is 2.43. The standard InChI is InChI=1S/C28H36N4O7S/c1-6-9-21-12-14-24(15-13-21)40(37,38)30(5)16-8-17-31-26(22-10-7-11-23(18-22)32(35)36)25(20(4)29-28(31)34)27(33)39-19(2)3/h7,10-15,18-19,25-26H,6,8-9,16-17H2,1-5H3. The van der Waals surface area contributed by atoms with Crippen molar-refractivity contribution in [2.24, 2.45) is 10.9 Å². The number of benzene rings is 2. The zero-order valence-electron chi connectivity index (χ0n) is 23.4. The Morgan fingerprint density at radius 3 is 2.48 bits per heavy atom. The van der Waals surface area contributed by atoms with E-state index in [1.165, 1.54) is 34.5 Å². The Hall–Kier alpha value is -3.64. The first-order valence-electron chi connectivity index (χ1n) is 13.2. The number of nitro groups is 1. The fraction of sp³-hybridized carbons (Fsp3) is 0.464. The zero-order valence-corrected chi connectivity index (χ0v) is 24.3. The second-order valence-electron chi connectivity index (χ2n) is 10.1. The quantitative estimate of drug-likeness (QED) is 0.203. The molecule has 2 unspecified atom stereocenters. The molecule has 2 atom stereocenters. The number of non-ortho nitro benzene ring substituents is 1. The van der Waals surface area contributed by atoms with Gasteiger partial charge < -0.3 is 9.64 Å². The largest absolute Gasteiger partial charge is 0.462 e. The van der Waals surface area contributed by atoms with E-state index in [0.29, 0.717) is 5.56 Å². The second-order valence-corrected chi connectivity index (χ2v) is 12.1. The van der Waals surface area contributed by atoms with Crippen LogP contribution in [0.2, 0.25) is 0 Å². The SMILES string of the molecule is CCCc1ccc(S(=O)(=O)N(C)CCCN2C(=O)N=C(C)C(C(=O)OC(C)C)C2c2cccc([N+](=O)[O-])c2)cc1. The van der Waals surface area contributed by atoms with Gasteiger partial charge in [0.1, 0.15) is 5.92 Å². The van der Waals surface area contributed by atoms with Crippen molar-refractivity contribution in [2.75, 3.05) is 20.1 Å². The fourth-order valence-corrected chi connectivity index (χ4v) is 5.94. The summed E-state index contributed by atoms with van der Waals surface area (Å²) in [6, 6.07) is 11.0. The molecule has 0 aliphatic carbocycles. The van der Waals surface area contributed by atoms with Crippen LogP contribution in [0.15, 0.2) is 58.4 Å². The molecule has 0 saturated heterocycles. The minimum absolute atomic E-state index is 0.0593. The maximum absolute atomic E-state index is 13.1. The van der Waals surface area contributed by atoms with Crippen LogP contribution in [0.4, 0.5) is 10.5 Å². The number of nitro benzene ring substituents is 1. The van der Waals surface area contributed by atoms with Gasteiger partial charge in [-0.25, -0.2) is 22.5 Å². The lowest BCUT2D eigenvalue weighted by Gasteiger charge is -2.39. The van der Waals surface area contributed by atoms with Crippen LogP contribution in [-0.2, 0) is 26.0 Å². The number of carbonyl (C=O) groups excluding carboxylic acids is 2. The van der Waals surface area contributed by atoms with Crippen molar-refractivity contribution in [1.82, 2.24) is 9.21 Å². The number of hydrogen-bond donors (Lipinski definition) is 0. The molecule has 12 heteroatoms. The van der Waals surface area contributed by atoms with E-state index in [1.807, 2.05) is 0 Å². The maximum atomic E-state index is 13.1. The Morgan fingerprint density at radius 1 is 1.20 bits per heavy atom. The number of aliphatic imine (C=N–C) groups is 1. The number of esters is 1. The van der Waals surface area contributed by atoms with Crippen molar-refractivity contribution in [1.29, 1.82) is 0 Å². The average Bonchev–Trinajstić information content (AvgIpc) is 2.89. The molecule has 0 bridgehead atoms. The normalized spacial score (nSPS) is 17.7. The lowest BCUT2D eigenvalue weighted by Crippen LogP contribution is -2.48. The molecule has 0 spiro atoms. The van der Waals surface area contributed by atoms with Crippen molar-refractivity contribution in [3.05, 3.63) is 69.8 Å². The van der Waals surface area contributed by atoms with Gasteiger partial charge in [0, 0.05) is 38.0 Å². The van der Waals surface area contributed by atoms with Gasteiger partial charge in [0.15, 0.2) is 0 Å². The molecule has 1 heterocycles. The molecule has 2 aromatic rings. The molecule has 3 rings (SSSR count). The van der Waals surface area contributed by atoms with Gasteiger partial charge in [-0.1, -0.05) is 37.6 Å². The van der Waals surface area contributed by atoms with Gasteiger partial charge in [-0.3, -0.25) is 14.9 Å². The minimum Gasteiger partial charge on any atom is -0.462 e. The van der Waals surface area contributed by atoms with Gasteiger partial charge in [-0.05, 0) is 56.9 Å². The lowest BCUT2D eigenvalue weighted by atomic mass is 9.86. The first-order valence-corrected chi connectivity index (χ1v) is 14.7. The Kier molecular flexibility index (Phi) is 10.2. The van der Waals surface area contributed by atoms with E-state index in [-0.39, 0.29) is 35.8 Å². The van der Waals surface area contributed by atoms with E-state index in [0.717, 1.165) is 18.4 Å². The third-order valence-corrected chi connectivity index (χ3v) is 8.56. The number of aryl methyl sites for hydroxylation is 1. The topological polar surface area (TPSA) is 139 Å². The van der Waals surface area contributed by atoms with Crippen LogP contribution in [0.25, 0.3) is 0 Å². The Bertz CT molecular complexity index is 1370. The van der Waals surface area contributed by atoms with E-state index < -0.39 is 45.0 Å². The fourth-order valence-electron chi connectivity index (χ4n) is 4.73. The summed E-state index contributed by atoms with van der Waals surface area (Å²) >= 11 is 0. The van der Waals surface area contributed by atoms with Crippen LogP contribution >= 0.6 is 0 Å². The zero-order chi connectivity index (χ0) is 29.6. The predicted octanol–water partition coefficient (Wildman–Crippen LogP) is 4.76. The predicted molar refractivity (Wildman–Crippen MR) is 151 cm³/mol. The van der Waals surface area contributed by atoms with Crippen molar-refractivity contribution in [3.8, 4) is 0 Å². The molecule has 2 amide bonds. The summed E-state index contributed by atoms with van der Waals surface area (Å²) in [6.07, 6.45) is 1.63. The first kappa shape index (κ1) is 30.9. The number of amides is 2. The van der Waals surface area contributed by atoms with Gasteiger partial charge >= 0.3 is 12.0 Å². The molecule has 11 nitrogen and oxygen atoms in total. The minimum atomic E-state index is -3.76. The molecule has 0 radical (unpaired) electrons. The summed E-state index contributed by atoms with van der Waals surface area (Å²) < 4.78 is 32.9. The summed E-state index contributed by atoms with van der Waals surface area (Å²) in [4.78, 5) is 42.8. The van der Waals surface area contributed by atoms with Crippen LogP contribution in [0.5, 0.6) is 0 Å². The molecule has 1 aliphatic heterocycles. The maximum Gasteiger partial charge on any atom is 0.344 e. The van der Waals surface area contributed by atoms with Gasteiger partial charge in [0.2, 0.25) is 10.0 Å². The average molecular weight is 573 g/mol. The molecular weight excluding hydrogens is 536 g/mol. The van der Waals surface area contributed by atoms with E-state index in [2.05, 4.69) is 11.9 Å². The monoisotopic (exact) mass is 572 g/mol. The van der Waals surface area contributed by atoms with E-state index >= 15 is 0 Å². The summed E-state index contributed by atoms with van der Waals surface area (Å²) in [5.41, 5.74) is 1.50. The molecular formula is C28H36N4O7S. The molecule has 1 aliphatic rings.